The van der Waals surface area contributed by atoms with Gasteiger partial charge in [-0.25, -0.2) is 4.79 Å². The Labute approximate surface area is 130 Å². The normalized spacial score (nSPS) is 11.5. The summed E-state index contributed by atoms with van der Waals surface area (Å²) in [6.45, 7) is 1.86. The van der Waals surface area contributed by atoms with E-state index in [-0.39, 0.29) is 5.92 Å². The fourth-order valence-electron chi connectivity index (χ4n) is 2.56. The Kier molecular flexibility index (Phi) is 5.31. The van der Waals surface area contributed by atoms with Gasteiger partial charge in [0.2, 0.25) is 6.41 Å². The van der Waals surface area contributed by atoms with Crippen molar-refractivity contribution in [2.45, 2.75) is 5.92 Å². The summed E-state index contributed by atoms with van der Waals surface area (Å²) in [5.41, 5.74) is 4.93. The van der Waals surface area contributed by atoms with E-state index >= 15 is 0 Å². The van der Waals surface area contributed by atoms with Crippen molar-refractivity contribution in [3.05, 3.63) is 59.7 Å². The number of carbonyl (C=O) groups is 1. The molecule has 1 aliphatic carbocycles. The van der Waals surface area contributed by atoms with Crippen molar-refractivity contribution in [3.8, 4) is 11.1 Å². The third kappa shape index (κ3) is 3.34. The van der Waals surface area contributed by atoms with E-state index in [4.69, 9.17) is 4.74 Å². The van der Waals surface area contributed by atoms with Crippen LogP contribution >= 0.6 is 0 Å². The van der Waals surface area contributed by atoms with Crippen LogP contribution in [-0.4, -0.2) is 38.5 Å². The van der Waals surface area contributed by atoms with Crippen molar-refractivity contribution in [3.63, 3.8) is 0 Å². The zero-order valence-electron chi connectivity index (χ0n) is 12.7. The van der Waals surface area contributed by atoms with Gasteiger partial charge in [0.15, 0.2) is 0 Å². The van der Waals surface area contributed by atoms with Gasteiger partial charge in [-0.05, 0) is 22.3 Å². The molecule has 0 aliphatic heterocycles. The second kappa shape index (κ2) is 7.41. The van der Waals surface area contributed by atoms with E-state index < -0.39 is 0 Å². The predicted octanol–water partition coefficient (Wildman–Crippen LogP) is 2.59. The summed E-state index contributed by atoms with van der Waals surface area (Å²) in [7, 11) is 3.38. The van der Waals surface area contributed by atoms with E-state index in [0.29, 0.717) is 6.61 Å². The highest BCUT2D eigenvalue weighted by atomic mass is 16.5. The Morgan fingerprint density at radius 2 is 1.50 bits per heavy atom. The van der Waals surface area contributed by atoms with Crippen LogP contribution in [0.3, 0.4) is 0 Å². The van der Waals surface area contributed by atoms with Crippen molar-refractivity contribution in [2.75, 3.05) is 20.7 Å². The van der Waals surface area contributed by atoms with Gasteiger partial charge in [0.1, 0.15) is 6.61 Å². The summed E-state index contributed by atoms with van der Waals surface area (Å²) in [6.07, 6.45) is 0.750. The molecule has 0 bridgehead atoms. The van der Waals surface area contributed by atoms with Crippen LogP contribution in [-0.2, 0) is 14.3 Å². The lowest BCUT2D eigenvalue weighted by atomic mass is 9.98. The van der Waals surface area contributed by atoms with Crippen LogP contribution in [0, 0.1) is 0 Å². The van der Waals surface area contributed by atoms with Crippen LogP contribution in [0.15, 0.2) is 48.5 Å². The first-order chi connectivity index (χ1) is 10.7. The Morgan fingerprint density at radius 3 is 1.91 bits per heavy atom. The van der Waals surface area contributed by atoms with Gasteiger partial charge in [0.25, 0.3) is 0 Å². The number of hydrogen-bond donors (Lipinski definition) is 0. The molecule has 2 aromatic carbocycles. The Morgan fingerprint density at radius 1 is 1.05 bits per heavy atom. The fraction of sp³-hybridized carbons (Fsp3) is 0.222. The smallest absolute Gasteiger partial charge is 0.417 e. The molecular weight excluding hydrogens is 278 g/mol. The fourth-order valence-corrected chi connectivity index (χ4v) is 2.56. The predicted molar refractivity (Wildman–Crippen MR) is 85.1 cm³/mol. The summed E-state index contributed by atoms with van der Waals surface area (Å²) in [6, 6.07) is 16.5. The number of rotatable bonds is 4. The average molecular weight is 296 g/mol. The Balaban J connectivity index is 0.000000309. The minimum atomic E-state index is 0.142. The first kappa shape index (κ1) is 15.8. The first-order valence-corrected chi connectivity index (χ1v) is 6.98. The number of carbonyl (C=O) groups excluding carboxylic acids is 2. The van der Waals surface area contributed by atoms with Crippen molar-refractivity contribution >= 4 is 12.9 Å². The molecule has 0 spiro atoms. The molecule has 0 N–H and O–H groups in total. The van der Waals surface area contributed by atoms with E-state index in [2.05, 4.69) is 24.3 Å². The van der Waals surface area contributed by atoms with E-state index in [9.17, 15) is 9.59 Å². The molecule has 0 saturated heterocycles. The van der Waals surface area contributed by atoms with E-state index in [1.165, 1.54) is 33.6 Å². The summed E-state index contributed by atoms with van der Waals surface area (Å²) in [5.74, 6) is 0.142. The van der Waals surface area contributed by atoms with Gasteiger partial charge >= 0.3 is 6.47 Å². The minimum Gasteiger partial charge on any atom is -0.456 e. The Hall–Kier alpha value is -2.62. The van der Waals surface area contributed by atoms with Gasteiger partial charge in [0.05, 0.1) is 0 Å². The zero-order valence-corrected chi connectivity index (χ0v) is 12.7. The maximum atomic E-state index is 10.2. The Bertz CT molecular complexity index is 607. The molecule has 3 rings (SSSR count). The monoisotopic (exact) mass is 296 g/mol. The van der Waals surface area contributed by atoms with E-state index in [1.807, 2.05) is 24.3 Å². The van der Waals surface area contributed by atoms with Gasteiger partial charge in [-0.2, -0.15) is 0 Å². The lowest BCUT2D eigenvalue weighted by Gasteiger charge is -2.11. The van der Waals surface area contributed by atoms with Crippen LogP contribution in [0.4, 0.5) is 0 Å². The summed E-state index contributed by atoms with van der Waals surface area (Å²) in [5, 5.41) is 0. The molecule has 1 radical (unpaired) electrons. The van der Waals surface area contributed by atoms with E-state index in [1.54, 1.807) is 14.1 Å². The molecule has 0 saturated carbocycles. The SMILES string of the molecule is CN(C)C=O.O=[C]OCC1c2ccccc2-c2ccccc21. The van der Waals surface area contributed by atoms with Gasteiger partial charge in [-0.15, -0.1) is 0 Å². The highest BCUT2D eigenvalue weighted by Gasteiger charge is 2.28. The summed E-state index contributed by atoms with van der Waals surface area (Å²) >= 11 is 0. The van der Waals surface area contributed by atoms with Crippen molar-refractivity contribution in [1.29, 1.82) is 0 Å². The number of amides is 1. The quantitative estimate of drug-likeness (QED) is 0.815. The van der Waals surface area contributed by atoms with Crippen molar-refractivity contribution < 1.29 is 14.3 Å². The first-order valence-electron chi connectivity index (χ1n) is 6.98. The molecule has 113 valence electrons. The molecule has 2 aromatic rings. The van der Waals surface area contributed by atoms with Gasteiger partial charge in [-0.1, -0.05) is 48.5 Å². The van der Waals surface area contributed by atoms with Gasteiger partial charge in [-0.3, -0.25) is 4.79 Å². The summed E-state index contributed by atoms with van der Waals surface area (Å²) < 4.78 is 4.83. The third-order valence-corrected chi connectivity index (χ3v) is 3.48. The maximum absolute atomic E-state index is 10.2. The second-order valence-corrected chi connectivity index (χ2v) is 5.19. The number of nitrogens with zero attached hydrogens (tertiary/aromatic N) is 1. The van der Waals surface area contributed by atoms with Crippen LogP contribution in [0.1, 0.15) is 17.0 Å². The van der Waals surface area contributed by atoms with Gasteiger partial charge in [0, 0.05) is 20.0 Å². The minimum absolute atomic E-state index is 0.142. The highest BCUT2D eigenvalue weighted by molar-refractivity contribution is 5.78. The molecule has 0 fully saturated rings. The maximum Gasteiger partial charge on any atom is 0.417 e. The molecule has 4 nitrogen and oxygen atoms in total. The molecule has 0 atom stereocenters. The average Bonchev–Trinajstić information content (AvgIpc) is 2.87. The highest BCUT2D eigenvalue weighted by Crippen LogP contribution is 2.44. The molecule has 0 unspecified atom stereocenters. The number of ether oxygens (including phenoxy) is 1. The van der Waals surface area contributed by atoms with Gasteiger partial charge < -0.3 is 9.64 Å². The molecular formula is C18H18NO3. The van der Waals surface area contributed by atoms with Crippen LogP contribution in [0.25, 0.3) is 11.1 Å². The molecule has 1 amide bonds. The molecule has 1 aliphatic rings. The number of hydrogen-bond acceptors (Lipinski definition) is 3. The topological polar surface area (TPSA) is 46.6 Å². The van der Waals surface area contributed by atoms with Crippen molar-refractivity contribution in [2.24, 2.45) is 0 Å². The van der Waals surface area contributed by atoms with Crippen LogP contribution < -0.4 is 0 Å². The molecule has 0 heterocycles. The third-order valence-electron chi connectivity index (χ3n) is 3.48. The zero-order chi connectivity index (χ0) is 15.9. The van der Waals surface area contributed by atoms with Crippen LogP contribution in [0.5, 0.6) is 0 Å². The number of fused-ring (bicyclic) bond motifs is 3. The second-order valence-electron chi connectivity index (χ2n) is 5.19. The lowest BCUT2D eigenvalue weighted by Crippen LogP contribution is -2.06. The molecule has 4 heteroatoms. The van der Waals surface area contributed by atoms with Crippen molar-refractivity contribution in [1.82, 2.24) is 4.90 Å². The van der Waals surface area contributed by atoms with E-state index in [0.717, 1.165) is 6.41 Å². The summed E-state index contributed by atoms with van der Waals surface area (Å²) in [4.78, 5) is 21.1. The lowest BCUT2D eigenvalue weighted by molar-refractivity contribution is -0.115. The largest absolute Gasteiger partial charge is 0.456 e. The molecule has 22 heavy (non-hydrogen) atoms. The number of benzene rings is 2. The molecule has 0 aromatic heterocycles. The van der Waals surface area contributed by atoms with Crippen LogP contribution in [0.2, 0.25) is 0 Å². The standard InChI is InChI=1S/C15H11O2.C3H7NO/c16-10-17-9-15-13-7-3-1-5-11(13)12-6-2-4-8-14(12)15;1-4(2)3-5/h1-8,15H,9H2;3H,1-2H3.